The summed E-state index contributed by atoms with van der Waals surface area (Å²) in [7, 11) is -1.86. The number of piperidine rings is 1. The Labute approximate surface area is 120 Å². The average Bonchev–Trinajstić information content (AvgIpc) is 2.47. The van der Waals surface area contributed by atoms with E-state index >= 15 is 0 Å². The summed E-state index contributed by atoms with van der Waals surface area (Å²) in [6, 6.07) is 6.35. The molecule has 1 aliphatic rings. The fourth-order valence-electron chi connectivity index (χ4n) is 2.45. The molecule has 1 saturated heterocycles. The predicted molar refractivity (Wildman–Crippen MR) is 75.7 cm³/mol. The topological polar surface area (TPSA) is 66.8 Å². The number of rotatable bonds is 4. The second-order valence-electron chi connectivity index (χ2n) is 5.21. The fourth-order valence-corrected chi connectivity index (χ4v) is 3.91. The minimum absolute atomic E-state index is 0.0600. The standard InChI is InChI=1S/C14H21NO4S/c1-11-7-8-15(9-14(11)19-2)20(17,18)13-5-3-12(10-16)4-6-13/h3-6,11,14,16H,7-10H2,1-2H3. The van der Waals surface area contributed by atoms with Crippen LogP contribution in [-0.2, 0) is 21.4 Å². The molecule has 0 bridgehead atoms. The average molecular weight is 299 g/mol. The lowest BCUT2D eigenvalue weighted by Crippen LogP contribution is -2.46. The molecule has 1 aromatic carbocycles. The van der Waals surface area contributed by atoms with E-state index in [4.69, 9.17) is 9.84 Å². The second kappa shape index (κ2) is 6.22. The van der Waals surface area contributed by atoms with Gasteiger partial charge in [-0.15, -0.1) is 0 Å². The second-order valence-corrected chi connectivity index (χ2v) is 7.14. The Bertz CT molecular complexity index is 541. The normalized spacial score (nSPS) is 24.8. The van der Waals surface area contributed by atoms with Crippen LogP contribution in [-0.4, -0.2) is 44.1 Å². The molecule has 0 spiro atoms. The summed E-state index contributed by atoms with van der Waals surface area (Å²) in [5.41, 5.74) is 0.700. The van der Waals surface area contributed by atoms with Gasteiger partial charge in [0, 0.05) is 20.2 Å². The van der Waals surface area contributed by atoms with Gasteiger partial charge in [-0.05, 0) is 30.0 Å². The van der Waals surface area contributed by atoms with Gasteiger partial charge >= 0.3 is 0 Å². The highest BCUT2D eigenvalue weighted by Crippen LogP contribution is 2.25. The van der Waals surface area contributed by atoms with E-state index < -0.39 is 10.0 Å². The van der Waals surface area contributed by atoms with Crippen LogP contribution in [0.1, 0.15) is 18.9 Å². The number of nitrogens with zero attached hydrogens (tertiary/aromatic N) is 1. The summed E-state index contributed by atoms with van der Waals surface area (Å²) in [6.45, 7) is 2.90. The van der Waals surface area contributed by atoms with Crippen LogP contribution in [0, 0.1) is 5.92 Å². The SMILES string of the molecule is COC1CN(S(=O)(=O)c2ccc(CO)cc2)CCC1C. The molecule has 0 amide bonds. The van der Waals surface area contributed by atoms with Crippen LogP contribution in [0.15, 0.2) is 29.2 Å². The van der Waals surface area contributed by atoms with Crippen molar-refractivity contribution in [3.8, 4) is 0 Å². The molecular weight excluding hydrogens is 278 g/mol. The molecule has 1 fully saturated rings. The Morgan fingerprint density at radius 3 is 2.55 bits per heavy atom. The zero-order chi connectivity index (χ0) is 14.8. The lowest BCUT2D eigenvalue weighted by molar-refractivity contribution is 0.0184. The molecule has 5 nitrogen and oxygen atoms in total. The van der Waals surface area contributed by atoms with Crippen LogP contribution >= 0.6 is 0 Å². The number of methoxy groups -OCH3 is 1. The van der Waals surface area contributed by atoms with Gasteiger partial charge in [0.15, 0.2) is 0 Å². The van der Waals surface area contributed by atoms with E-state index in [1.807, 2.05) is 0 Å². The van der Waals surface area contributed by atoms with Gasteiger partial charge in [0.05, 0.1) is 17.6 Å². The monoisotopic (exact) mass is 299 g/mol. The Kier molecular flexibility index (Phi) is 4.80. The molecule has 6 heteroatoms. The molecule has 0 saturated carbocycles. The summed E-state index contributed by atoms with van der Waals surface area (Å²) in [5.74, 6) is 0.364. The van der Waals surface area contributed by atoms with E-state index in [1.165, 1.54) is 4.31 Å². The lowest BCUT2D eigenvalue weighted by atomic mass is 9.97. The summed E-state index contributed by atoms with van der Waals surface area (Å²) in [4.78, 5) is 0.263. The van der Waals surface area contributed by atoms with Gasteiger partial charge in [-0.3, -0.25) is 0 Å². The van der Waals surface area contributed by atoms with Gasteiger partial charge in [0.25, 0.3) is 0 Å². The van der Waals surface area contributed by atoms with Crippen molar-refractivity contribution in [2.24, 2.45) is 5.92 Å². The third-order valence-corrected chi connectivity index (χ3v) is 5.78. The number of hydrogen-bond acceptors (Lipinski definition) is 4. The van der Waals surface area contributed by atoms with Crippen LogP contribution in [0.3, 0.4) is 0 Å². The number of aliphatic hydroxyl groups excluding tert-OH is 1. The highest BCUT2D eigenvalue weighted by atomic mass is 32.2. The molecule has 2 rings (SSSR count). The number of benzene rings is 1. The quantitative estimate of drug-likeness (QED) is 0.908. The Balaban J connectivity index is 2.21. The van der Waals surface area contributed by atoms with Crippen LogP contribution in [0.25, 0.3) is 0 Å². The molecule has 1 aromatic rings. The van der Waals surface area contributed by atoms with Crippen molar-refractivity contribution >= 4 is 10.0 Å². The van der Waals surface area contributed by atoms with Gasteiger partial charge in [-0.2, -0.15) is 4.31 Å². The Hall–Kier alpha value is -0.950. The van der Waals surface area contributed by atoms with Crippen LogP contribution < -0.4 is 0 Å². The van der Waals surface area contributed by atoms with Gasteiger partial charge in [0.2, 0.25) is 10.0 Å². The molecule has 20 heavy (non-hydrogen) atoms. The van der Waals surface area contributed by atoms with Gasteiger partial charge in [-0.1, -0.05) is 19.1 Å². The summed E-state index contributed by atoms with van der Waals surface area (Å²) in [5, 5.41) is 9.00. The molecule has 0 aromatic heterocycles. The number of aliphatic hydroxyl groups is 1. The minimum atomic E-state index is -3.48. The maximum absolute atomic E-state index is 12.6. The zero-order valence-electron chi connectivity index (χ0n) is 11.8. The van der Waals surface area contributed by atoms with Crippen molar-refractivity contribution < 1.29 is 18.3 Å². The van der Waals surface area contributed by atoms with Crippen molar-refractivity contribution in [3.05, 3.63) is 29.8 Å². The zero-order valence-corrected chi connectivity index (χ0v) is 12.6. The van der Waals surface area contributed by atoms with Gasteiger partial charge in [0.1, 0.15) is 0 Å². The summed E-state index contributed by atoms with van der Waals surface area (Å²) in [6.07, 6.45) is 0.738. The van der Waals surface area contributed by atoms with E-state index in [9.17, 15) is 8.42 Å². The van der Waals surface area contributed by atoms with E-state index in [1.54, 1.807) is 31.4 Å². The minimum Gasteiger partial charge on any atom is -0.392 e. The van der Waals surface area contributed by atoms with Crippen molar-refractivity contribution in [3.63, 3.8) is 0 Å². The number of hydrogen-bond donors (Lipinski definition) is 1. The highest BCUT2D eigenvalue weighted by Gasteiger charge is 2.33. The van der Waals surface area contributed by atoms with Crippen molar-refractivity contribution in [2.75, 3.05) is 20.2 Å². The lowest BCUT2D eigenvalue weighted by Gasteiger charge is -2.35. The first-order valence-corrected chi connectivity index (χ1v) is 8.15. The van der Waals surface area contributed by atoms with E-state index in [-0.39, 0.29) is 17.6 Å². The van der Waals surface area contributed by atoms with Gasteiger partial charge < -0.3 is 9.84 Å². The number of ether oxygens (including phenoxy) is 1. The summed E-state index contributed by atoms with van der Waals surface area (Å²) < 4.78 is 32.0. The van der Waals surface area contributed by atoms with Crippen molar-refractivity contribution in [2.45, 2.75) is 31.0 Å². The highest BCUT2D eigenvalue weighted by molar-refractivity contribution is 7.89. The first kappa shape index (κ1) is 15.4. The molecule has 2 unspecified atom stereocenters. The molecule has 1 aliphatic heterocycles. The molecule has 0 aliphatic carbocycles. The Morgan fingerprint density at radius 2 is 2.00 bits per heavy atom. The van der Waals surface area contributed by atoms with Crippen molar-refractivity contribution in [1.29, 1.82) is 0 Å². The fraction of sp³-hybridized carbons (Fsp3) is 0.571. The molecular formula is C14H21NO4S. The first-order chi connectivity index (χ1) is 9.48. The molecule has 2 atom stereocenters. The maximum Gasteiger partial charge on any atom is 0.243 e. The van der Waals surface area contributed by atoms with E-state index in [0.29, 0.717) is 24.6 Å². The van der Waals surface area contributed by atoms with Crippen LogP contribution in [0.5, 0.6) is 0 Å². The molecule has 1 heterocycles. The van der Waals surface area contributed by atoms with Crippen molar-refractivity contribution in [1.82, 2.24) is 4.31 Å². The first-order valence-electron chi connectivity index (χ1n) is 6.71. The smallest absolute Gasteiger partial charge is 0.243 e. The van der Waals surface area contributed by atoms with E-state index in [0.717, 1.165) is 6.42 Å². The van der Waals surface area contributed by atoms with Gasteiger partial charge in [-0.25, -0.2) is 8.42 Å². The largest absolute Gasteiger partial charge is 0.392 e. The molecule has 0 radical (unpaired) electrons. The summed E-state index contributed by atoms with van der Waals surface area (Å²) >= 11 is 0. The Morgan fingerprint density at radius 1 is 1.35 bits per heavy atom. The maximum atomic E-state index is 12.6. The number of sulfonamides is 1. The van der Waals surface area contributed by atoms with Crippen LogP contribution in [0.2, 0.25) is 0 Å². The molecule has 1 N–H and O–H groups in total. The third kappa shape index (κ3) is 3.03. The van der Waals surface area contributed by atoms with E-state index in [2.05, 4.69) is 6.92 Å². The van der Waals surface area contributed by atoms with Crippen LogP contribution in [0.4, 0.5) is 0 Å². The predicted octanol–water partition coefficient (Wildman–Crippen LogP) is 1.22. The molecule has 112 valence electrons. The third-order valence-electron chi connectivity index (χ3n) is 3.90.